The van der Waals surface area contributed by atoms with E-state index in [0.717, 1.165) is 12.8 Å². The first kappa shape index (κ1) is 13.8. The van der Waals surface area contributed by atoms with Crippen LogP contribution >= 0.6 is 11.6 Å². The molecule has 1 heterocycles. The number of halogens is 1. The van der Waals surface area contributed by atoms with Crippen LogP contribution in [-0.2, 0) is 10.0 Å². The van der Waals surface area contributed by atoms with Crippen LogP contribution in [0.3, 0.4) is 0 Å². The lowest BCUT2D eigenvalue weighted by Gasteiger charge is -2.30. The van der Waals surface area contributed by atoms with E-state index in [1.54, 1.807) is 19.1 Å². The lowest BCUT2D eigenvalue weighted by molar-refractivity contribution is 0.316. The number of nitrogens with zero attached hydrogens (tertiary/aromatic N) is 1. The molecule has 0 spiro atoms. The maximum absolute atomic E-state index is 12.5. The summed E-state index contributed by atoms with van der Waals surface area (Å²) in [5, 5.41) is 0.431. The summed E-state index contributed by atoms with van der Waals surface area (Å²) in [6.07, 6.45) is 1.68. The summed E-state index contributed by atoms with van der Waals surface area (Å²) < 4.78 is 26.5. The highest BCUT2D eigenvalue weighted by Gasteiger charge is 2.29. The zero-order chi connectivity index (χ0) is 13.3. The Kier molecular flexibility index (Phi) is 3.96. The first-order chi connectivity index (χ1) is 8.41. The van der Waals surface area contributed by atoms with Gasteiger partial charge in [-0.05, 0) is 37.5 Å². The van der Waals surface area contributed by atoms with Crippen LogP contribution in [-0.4, -0.2) is 31.9 Å². The van der Waals surface area contributed by atoms with Crippen molar-refractivity contribution in [1.29, 1.82) is 0 Å². The minimum Gasteiger partial charge on any atom is -0.327 e. The molecule has 0 saturated carbocycles. The van der Waals surface area contributed by atoms with Gasteiger partial charge in [0, 0.05) is 24.2 Å². The number of hydrogen-bond acceptors (Lipinski definition) is 3. The Morgan fingerprint density at radius 2 is 2.17 bits per heavy atom. The molecule has 0 aromatic heterocycles. The van der Waals surface area contributed by atoms with Gasteiger partial charge < -0.3 is 5.73 Å². The summed E-state index contributed by atoms with van der Waals surface area (Å²) in [6.45, 7) is 2.68. The molecule has 1 atom stereocenters. The average Bonchev–Trinajstić information content (AvgIpc) is 2.32. The predicted molar refractivity (Wildman–Crippen MR) is 72.2 cm³/mol. The average molecular weight is 289 g/mol. The van der Waals surface area contributed by atoms with E-state index in [1.807, 2.05) is 0 Å². The summed E-state index contributed by atoms with van der Waals surface area (Å²) in [7, 11) is -3.48. The van der Waals surface area contributed by atoms with Gasteiger partial charge in [0.15, 0.2) is 0 Å². The van der Waals surface area contributed by atoms with Crippen molar-refractivity contribution >= 4 is 21.6 Å². The predicted octanol–water partition coefficient (Wildman–Crippen LogP) is 1.76. The van der Waals surface area contributed by atoms with Crippen molar-refractivity contribution in [2.75, 3.05) is 13.1 Å². The number of benzene rings is 1. The Balaban J connectivity index is 2.38. The molecule has 0 amide bonds. The quantitative estimate of drug-likeness (QED) is 0.902. The topological polar surface area (TPSA) is 63.4 Å². The van der Waals surface area contributed by atoms with Crippen LogP contribution in [0.2, 0.25) is 5.02 Å². The molecule has 4 nitrogen and oxygen atoms in total. The van der Waals surface area contributed by atoms with Gasteiger partial charge in [0.05, 0.1) is 4.90 Å². The number of piperidine rings is 1. The van der Waals surface area contributed by atoms with E-state index in [4.69, 9.17) is 17.3 Å². The second-order valence-corrected chi connectivity index (χ2v) is 7.02. The Labute approximate surface area is 113 Å². The van der Waals surface area contributed by atoms with Crippen molar-refractivity contribution in [3.8, 4) is 0 Å². The van der Waals surface area contributed by atoms with Gasteiger partial charge in [-0.25, -0.2) is 8.42 Å². The van der Waals surface area contributed by atoms with Gasteiger partial charge in [0.2, 0.25) is 10.0 Å². The van der Waals surface area contributed by atoms with E-state index < -0.39 is 10.0 Å². The minimum atomic E-state index is -3.48. The summed E-state index contributed by atoms with van der Waals surface area (Å²) in [4.78, 5) is 0.282. The van der Waals surface area contributed by atoms with Gasteiger partial charge in [-0.3, -0.25) is 0 Å². The molecule has 0 bridgehead atoms. The number of sulfonamides is 1. The maximum atomic E-state index is 12.5. The van der Waals surface area contributed by atoms with Crippen LogP contribution in [0, 0.1) is 6.92 Å². The molecule has 1 aromatic rings. The van der Waals surface area contributed by atoms with Crippen LogP contribution in [0.15, 0.2) is 23.1 Å². The molecule has 1 fully saturated rings. The molecule has 100 valence electrons. The van der Waals surface area contributed by atoms with Crippen molar-refractivity contribution < 1.29 is 8.42 Å². The first-order valence-electron chi connectivity index (χ1n) is 5.93. The van der Waals surface area contributed by atoms with E-state index in [1.165, 1.54) is 10.4 Å². The van der Waals surface area contributed by atoms with Crippen LogP contribution < -0.4 is 5.73 Å². The fourth-order valence-corrected chi connectivity index (χ4v) is 4.21. The van der Waals surface area contributed by atoms with E-state index >= 15 is 0 Å². The van der Waals surface area contributed by atoms with E-state index in [-0.39, 0.29) is 10.9 Å². The number of aryl methyl sites for hydroxylation is 1. The van der Waals surface area contributed by atoms with E-state index in [2.05, 4.69) is 0 Å². The summed E-state index contributed by atoms with van der Waals surface area (Å²) in [5.74, 6) is 0. The number of nitrogens with two attached hydrogens (primary N) is 1. The molecule has 1 aliphatic rings. The molecular formula is C12H17ClN2O2S. The highest BCUT2D eigenvalue weighted by molar-refractivity contribution is 7.89. The van der Waals surface area contributed by atoms with E-state index in [0.29, 0.717) is 23.7 Å². The second kappa shape index (κ2) is 5.17. The smallest absolute Gasteiger partial charge is 0.243 e. The van der Waals surface area contributed by atoms with Gasteiger partial charge in [-0.2, -0.15) is 4.31 Å². The zero-order valence-corrected chi connectivity index (χ0v) is 11.8. The Morgan fingerprint density at radius 3 is 2.83 bits per heavy atom. The SMILES string of the molecule is Cc1ccc(Cl)cc1S(=O)(=O)N1CCCC(N)C1. The van der Waals surface area contributed by atoms with Crippen molar-refractivity contribution in [1.82, 2.24) is 4.31 Å². The highest BCUT2D eigenvalue weighted by Crippen LogP contribution is 2.25. The van der Waals surface area contributed by atoms with Crippen molar-refractivity contribution in [2.24, 2.45) is 5.73 Å². The van der Waals surface area contributed by atoms with Gasteiger partial charge in [-0.1, -0.05) is 17.7 Å². The van der Waals surface area contributed by atoms with Crippen LogP contribution in [0.4, 0.5) is 0 Å². The summed E-state index contributed by atoms with van der Waals surface area (Å²) in [6, 6.07) is 4.84. The molecule has 0 aliphatic carbocycles. The minimum absolute atomic E-state index is 0.0759. The Hall–Kier alpha value is -0.620. The third kappa shape index (κ3) is 2.69. The largest absolute Gasteiger partial charge is 0.327 e. The Bertz CT molecular complexity index is 545. The van der Waals surface area contributed by atoms with Crippen molar-refractivity contribution in [2.45, 2.75) is 30.7 Å². The lowest BCUT2D eigenvalue weighted by Crippen LogP contribution is -2.45. The highest BCUT2D eigenvalue weighted by atomic mass is 35.5. The summed E-state index contributed by atoms with van der Waals surface area (Å²) >= 11 is 5.88. The lowest BCUT2D eigenvalue weighted by atomic mass is 10.1. The van der Waals surface area contributed by atoms with Crippen LogP contribution in [0.5, 0.6) is 0 Å². The molecule has 6 heteroatoms. The second-order valence-electron chi connectivity index (χ2n) is 4.68. The maximum Gasteiger partial charge on any atom is 0.243 e. The molecule has 2 N–H and O–H groups in total. The molecule has 1 aromatic carbocycles. The molecular weight excluding hydrogens is 272 g/mol. The number of rotatable bonds is 2. The molecule has 2 rings (SSSR count). The van der Waals surface area contributed by atoms with Gasteiger partial charge in [-0.15, -0.1) is 0 Å². The van der Waals surface area contributed by atoms with Gasteiger partial charge >= 0.3 is 0 Å². The first-order valence-corrected chi connectivity index (χ1v) is 7.75. The Morgan fingerprint density at radius 1 is 1.44 bits per heavy atom. The van der Waals surface area contributed by atoms with Crippen LogP contribution in [0.25, 0.3) is 0 Å². The third-order valence-corrected chi connectivity index (χ3v) is 5.43. The molecule has 18 heavy (non-hydrogen) atoms. The van der Waals surface area contributed by atoms with Crippen molar-refractivity contribution in [3.05, 3.63) is 28.8 Å². The van der Waals surface area contributed by atoms with E-state index in [9.17, 15) is 8.42 Å². The summed E-state index contributed by atoms with van der Waals surface area (Å²) in [5.41, 5.74) is 6.54. The molecule has 0 radical (unpaired) electrons. The molecule has 1 unspecified atom stereocenters. The fraction of sp³-hybridized carbons (Fsp3) is 0.500. The number of hydrogen-bond donors (Lipinski definition) is 1. The standard InChI is InChI=1S/C12H17ClN2O2S/c1-9-4-5-10(13)7-12(9)18(16,17)15-6-2-3-11(14)8-15/h4-5,7,11H,2-3,6,8,14H2,1H3. The molecule has 1 aliphatic heterocycles. The third-order valence-electron chi connectivity index (χ3n) is 3.19. The van der Waals surface area contributed by atoms with Gasteiger partial charge in [0.25, 0.3) is 0 Å². The van der Waals surface area contributed by atoms with Crippen molar-refractivity contribution in [3.63, 3.8) is 0 Å². The normalized spacial score (nSPS) is 22.1. The zero-order valence-electron chi connectivity index (χ0n) is 10.3. The fourth-order valence-electron chi connectivity index (χ4n) is 2.18. The molecule has 1 saturated heterocycles. The monoisotopic (exact) mass is 288 g/mol. The van der Waals surface area contributed by atoms with Crippen LogP contribution in [0.1, 0.15) is 18.4 Å². The van der Waals surface area contributed by atoms with Gasteiger partial charge in [0.1, 0.15) is 0 Å².